The molecular formula is C19H23F3N4O. The number of anilines is 2. The Morgan fingerprint density at radius 1 is 1.07 bits per heavy atom. The lowest BCUT2D eigenvalue weighted by molar-refractivity contribution is -0.137. The van der Waals surface area contributed by atoms with Gasteiger partial charge in [0.1, 0.15) is 5.82 Å². The minimum atomic E-state index is -4.35. The Morgan fingerprint density at radius 3 is 2.48 bits per heavy atom. The highest BCUT2D eigenvalue weighted by atomic mass is 19.4. The maximum Gasteiger partial charge on any atom is 0.416 e. The number of aromatic nitrogens is 2. The summed E-state index contributed by atoms with van der Waals surface area (Å²) in [5, 5.41) is 16.7. The molecule has 5 nitrogen and oxygen atoms in total. The van der Waals surface area contributed by atoms with E-state index in [0.29, 0.717) is 36.8 Å². The average Bonchev–Trinajstić information content (AvgIpc) is 2.65. The third-order valence-electron chi connectivity index (χ3n) is 3.89. The lowest BCUT2D eigenvalue weighted by atomic mass is 10.1. The summed E-state index contributed by atoms with van der Waals surface area (Å²) in [6.45, 7) is 4.44. The van der Waals surface area contributed by atoms with E-state index in [-0.39, 0.29) is 6.61 Å². The maximum atomic E-state index is 12.8. The van der Waals surface area contributed by atoms with Crippen molar-refractivity contribution < 1.29 is 18.3 Å². The van der Waals surface area contributed by atoms with Crippen LogP contribution in [0.15, 0.2) is 24.3 Å². The number of aliphatic hydroxyl groups is 1. The Hall–Kier alpha value is -2.61. The second-order valence-electron chi connectivity index (χ2n) is 5.80. The molecule has 0 unspecified atom stereocenters. The quantitative estimate of drug-likeness (QED) is 0.687. The first-order valence-electron chi connectivity index (χ1n) is 8.64. The minimum Gasteiger partial charge on any atom is -0.395 e. The van der Waals surface area contributed by atoms with Gasteiger partial charge in [0.25, 0.3) is 0 Å². The first-order chi connectivity index (χ1) is 12.9. The number of nitrogens with one attached hydrogen (secondary N) is 2. The third-order valence-corrected chi connectivity index (χ3v) is 3.89. The van der Waals surface area contributed by atoms with Crippen molar-refractivity contribution in [2.24, 2.45) is 0 Å². The Labute approximate surface area is 155 Å². The number of halogens is 3. The van der Waals surface area contributed by atoms with Crippen molar-refractivity contribution in [2.45, 2.75) is 26.4 Å². The van der Waals surface area contributed by atoms with Crippen LogP contribution in [0.25, 0.3) is 12.2 Å². The fraction of sp³-hybridized carbons (Fsp3) is 0.368. The van der Waals surface area contributed by atoms with E-state index in [2.05, 4.69) is 20.6 Å². The normalized spacial score (nSPS) is 13.1. The van der Waals surface area contributed by atoms with Crippen molar-refractivity contribution in [3.05, 3.63) is 46.0 Å². The van der Waals surface area contributed by atoms with Crippen molar-refractivity contribution in [2.75, 3.05) is 30.3 Å². The molecule has 1 aromatic heterocycles. The van der Waals surface area contributed by atoms with Crippen LogP contribution >= 0.6 is 0 Å². The van der Waals surface area contributed by atoms with Gasteiger partial charge in [0.05, 0.1) is 17.5 Å². The molecule has 0 aliphatic rings. The molecule has 0 aliphatic carbocycles. The predicted molar refractivity (Wildman–Crippen MR) is 101 cm³/mol. The molecule has 0 amide bonds. The molecule has 0 fully saturated rings. The van der Waals surface area contributed by atoms with Gasteiger partial charge in [-0.25, -0.2) is 4.98 Å². The van der Waals surface area contributed by atoms with Crippen LogP contribution in [0.1, 0.15) is 25.0 Å². The highest BCUT2D eigenvalue weighted by Gasteiger charge is 2.30. The first kappa shape index (κ1) is 20.7. The molecule has 1 heterocycles. The molecule has 0 radical (unpaired) electrons. The fourth-order valence-electron chi connectivity index (χ4n) is 2.60. The van der Waals surface area contributed by atoms with Crippen molar-refractivity contribution in [3.63, 3.8) is 0 Å². The van der Waals surface area contributed by atoms with Crippen molar-refractivity contribution in [3.8, 4) is 0 Å². The van der Waals surface area contributed by atoms with Crippen molar-refractivity contribution in [1.82, 2.24) is 9.97 Å². The van der Waals surface area contributed by atoms with E-state index >= 15 is 0 Å². The molecule has 0 aliphatic heterocycles. The summed E-state index contributed by atoms with van der Waals surface area (Å²) in [6, 6.07) is 5.27. The SMILES string of the molecule is C/C=c1/nc(NCCc2cccc(C(F)(F)F)c2)nc(NCCO)/c1=C/C. The molecule has 0 bridgehead atoms. The fourth-order valence-corrected chi connectivity index (χ4v) is 2.60. The van der Waals surface area contributed by atoms with Gasteiger partial charge in [-0.2, -0.15) is 18.2 Å². The summed E-state index contributed by atoms with van der Waals surface area (Å²) in [5.74, 6) is 0.970. The van der Waals surface area contributed by atoms with Crippen molar-refractivity contribution in [1.29, 1.82) is 0 Å². The Morgan fingerprint density at radius 2 is 1.85 bits per heavy atom. The van der Waals surface area contributed by atoms with Crippen LogP contribution in [0.3, 0.4) is 0 Å². The molecule has 2 rings (SSSR count). The number of benzene rings is 1. The van der Waals surface area contributed by atoms with E-state index in [1.54, 1.807) is 6.07 Å². The van der Waals surface area contributed by atoms with E-state index in [0.717, 1.165) is 22.7 Å². The van der Waals surface area contributed by atoms with E-state index < -0.39 is 11.7 Å². The van der Waals surface area contributed by atoms with Gasteiger partial charge in [-0.3, -0.25) is 0 Å². The zero-order chi connectivity index (χ0) is 19.9. The minimum absolute atomic E-state index is 0.0311. The Balaban J connectivity index is 2.14. The van der Waals surface area contributed by atoms with Gasteiger partial charge in [-0.15, -0.1) is 0 Å². The van der Waals surface area contributed by atoms with Gasteiger partial charge in [0.15, 0.2) is 0 Å². The second kappa shape index (κ2) is 9.36. The number of hydrogen-bond acceptors (Lipinski definition) is 5. The summed E-state index contributed by atoms with van der Waals surface area (Å²) in [4.78, 5) is 8.83. The van der Waals surface area contributed by atoms with E-state index in [1.807, 2.05) is 26.0 Å². The highest BCUT2D eigenvalue weighted by molar-refractivity contribution is 5.47. The third kappa shape index (κ3) is 5.68. The van der Waals surface area contributed by atoms with Crippen LogP contribution in [0.4, 0.5) is 24.9 Å². The maximum absolute atomic E-state index is 12.8. The molecular weight excluding hydrogens is 357 g/mol. The van der Waals surface area contributed by atoms with Crippen LogP contribution in [0.5, 0.6) is 0 Å². The van der Waals surface area contributed by atoms with Crippen molar-refractivity contribution >= 4 is 23.9 Å². The number of hydrogen-bond donors (Lipinski definition) is 3. The zero-order valence-corrected chi connectivity index (χ0v) is 15.3. The topological polar surface area (TPSA) is 70.1 Å². The van der Waals surface area contributed by atoms with Gasteiger partial charge >= 0.3 is 6.18 Å². The van der Waals surface area contributed by atoms with Crippen LogP contribution in [0.2, 0.25) is 0 Å². The molecule has 0 atom stereocenters. The van der Waals surface area contributed by atoms with E-state index in [9.17, 15) is 13.2 Å². The van der Waals surface area contributed by atoms with E-state index in [4.69, 9.17) is 5.11 Å². The average molecular weight is 380 g/mol. The summed E-state index contributed by atoms with van der Waals surface area (Å²) >= 11 is 0. The largest absolute Gasteiger partial charge is 0.416 e. The van der Waals surface area contributed by atoms with Gasteiger partial charge < -0.3 is 15.7 Å². The summed E-state index contributed by atoms with van der Waals surface area (Å²) < 4.78 is 38.4. The molecule has 1 aromatic carbocycles. The molecule has 8 heteroatoms. The molecule has 0 spiro atoms. The number of nitrogens with zero attached hydrogens (tertiary/aromatic N) is 2. The summed E-state index contributed by atoms with van der Waals surface area (Å²) in [7, 11) is 0. The Kier molecular flexibility index (Phi) is 7.18. The second-order valence-corrected chi connectivity index (χ2v) is 5.80. The van der Waals surface area contributed by atoms with Gasteiger partial charge in [0.2, 0.25) is 5.95 Å². The molecule has 146 valence electrons. The van der Waals surface area contributed by atoms with Gasteiger partial charge in [-0.1, -0.05) is 30.4 Å². The molecule has 2 aromatic rings. The summed E-state index contributed by atoms with van der Waals surface area (Å²) in [5.41, 5.74) is -0.0748. The number of aliphatic hydroxyl groups excluding tert-OH is 1. The molecule has 0 saturated carbocycles. The lowest BCUT2D eigenvalue weighted by Crippen LogP contribution is -2.34. The standard InChI is InChI=1S/C19H23F3N4O/c1-3-15-16(4-2)25-18(26-17(15)23-10-11-27)24-9-8-13-6-5-7-14(12-13)19(20,21)22/h3-7,12,27H,8-11H2,1-2H3,(H2,23,24,25,26)/b15-3+,16-4+. The predicted octanol–water partition coefficient (Wildman–Crippen LogP) is 2.16. The lowest BCUT2D eigenvalue weighted by Gasteiger charge is -2.11. The molecule has 3 N–H and O–H groups in total. The first-order valence-corrected chi connectivity index (χ1v) is 8.64. The number of alkyl halides is 3. The monoisotopic (exact) mass is 380 g/mol. The van der Waals surface area contributed by atoms with Crippen LogP contribution in [-0.4, -0.2) is 34.8 Å². The van der Waals surface area contributed by atoms with Crippen LogP contribution < -0.4 is 21.2 Å². The van der Waals surface area contributed by atoms with Gasteiger partial charge in [-0.05, 0) is 31.9 Å². The molecule has 0 saturated heterocycles. The smallest absolute Gasteiger partial charge is 0.395 e. The Bertz CT molecular complexity index is 881. The van der Waals surface area contributed by atoms with Gasteiger partial charge in [0, 0.05) is 18.3 Å². The highest BCUT2D eigenvalue weighted by Crippen LogP contribution is 2.29. The zero-order valence-electron chi connectivity index (χ0n) is 15.3. The van der Waals surface area contributed by atoms with E-state index in [1.165, 1.54) is 6.07 Å². The van der Waals surface area contributed by atoms with Crippen LogP contribution in [-0.2, 0) is 12.6 Å². The molecule has 27 heavy (non-hydrogen) atoms. The number of rotatable bonds is 7. The van der Waals surface area contributed by atoms with Crippen LogP contribution in [0, 0.1) is 0 Å². The summed E-state index contributed by atoms with van der Waals surface area (Å²) in [6.07, 6.45) is -0.224.